The minimum atomic E-state index is -0.517. The molecule has 2 aliphatic rings. The van der Waals surface area contributed by atoms with Crippen molar-refractivity contribution in [1.29, 1.82) is 0 Å². The molecule has 5 heteroatoms. The van der Waals surface area contributed by atoms with Gasteiger partial charge in [0.05, 0.1) is 11.0 Å². The number of hydrogen-bond acceptors (Lipinski definition) is 5. The molecule has 1 aliphatic heterocycles. The summed E-state index contributed by atoms with van der Waals surface area (Å²) in [4.78, 5) is 13.7. The molecule has 0 bridgehead atoms. The van der Waals surface area contributed by atoms with Gasteiger partial charge in [0.2, 0.25) is 0 Å². The fourth-order valence-electron chi connectivity index (χ4n) is 3.19. The number of anilines is 1. The number of β-amino-alcohol motifs (C(OH)–C–C–N with tert-alkyl or cyclic N) is 1. The van der Waals surface area contributed by atoms with Crippen LogP contribution in [-0.2, 0) is 12.8 Å². The molecule has 1 saturated heterocycles. The lowest BCUT2D eigenvalue weighted by Gasteiger charge is -2.47. The summed E-state index contributed by atoms with van der Waals surface area (Å²) < 4.78 is 0. The summed E-state index contributed by atoms with van der Waals surface area (Å²) in [5.41, 5.74) is 0.943. The normalized spacial score (nSPS) is 20.6. The van der Waals surface area contributed by atoms with Crippen molar-refractivity contribution in [3.05, 3.63) is 16.8 Å². The van der Waals surface area contributed by atoms with Gasteiger partial charge in [-0.1, -0.05) is 6.92 Å². The Hall–Kier alpha value is -1.20. The van der Waals surface area contributed by atoms with E-state index >= 15 is 0 Å². The van der Waals surface area contributed by atoms with E-state index in [2.05, 4.69) is 14.9 Å². The zero-order valence-corrected chi connectivity index (χ0v) is 11.8. The van der Waals surface area contributed by atoms with E-state index in [0.717, 1.165) is 23.5 Å². The number of nitrogens with zero attached hydrogens (tertiary/aromatic N) is 3. The van der Waals surface area contributed by atoms with Crippen molar-refractivity contribution in [1.82, 2.24) is 9.97 Å². The third-order valence-corrected chi connectivity index (χ3v) is 5.61. The number of fused-ring (bicyclic) bond motifs is 3. The monoisotopic (exact) mass is 275 g/mol. The molecule has 0 spiro atoms. The van der Waals surface area contributed by atoms with Crippen LogP contribution in [0, 0.1) is 0 Å². The van der Waals surface area contributed by atoms with Gasteiger partial charge in [-0.2, -0.15) is 0 Å². The lowest BCUT2D eigenvalue weighted by atomic mass is 9.91. The predicted molar refractivity (Wildman–Crippen MR) is 76.9 cm³/mol. The first kappa shape index (κ1) is 11.6. The second-order valence-electron chi connectivity index (χ2n) is 5.67. The molecule has 4 rings (SSSR count). The Morgan fingerprint density at radius 3 is 3.00 bits per heavy atom. The Kier molecular flexibility index (Phi) is 2.38. The van der Waals surface area contributed by atoms with Crippen LogP contribution in [0.2, 0.25) is 0 Å². The summed E-state index contributed by atoms with van der Waals surface area (Å²) in [5, 5.41) is 11.4. The van der Waals surface area contributed by atoms with Crippen molar-refractivity contribution in [2.45, 2.75) is 38.2 Å². The molecule has 0 unspecified atom stereocenters. The van der Waals surface area contributed by atoms with Crippen LogP contribution in [0.4, 0.5) is 5.82 Å². The molecule has 0 saturated carbocycles. The largest absolute Gasteiger partial charge is 0.386 e. The van der Waals surface area contributed by atoms with Gasteiger partial charge in [-0.05, 0) is 31.2 Å². The summed E-state index contributed by atoms with van der Waals surface area (Å²) in [7, 11) is 0. The van der Waals surface area contributed by atoms with Crippen LogP contribution in [0.15, 0.2) is 6.33 Å². The maximum atomic E-state index is 10.2. The topological polar surface area (TPSA) is 49.2 Å². The van der Waals surface area contributed by atoms with E-state index in [1.165, 1.54) is 28.7 Å². The first-order valence-corrected chi connectivity index (χ1v) is 7.74. The van der Waals surface area contributed by atoms with E-state index in [1.54, 1.807) is 6.33 Å². The van der Waals surface area contributed by atoms with Gasteiger partial charge in [-0.15, -0.1) is 11.3 Å². The van der Waals surface area contributed by atoms with Gasteiger partial charge in [0.15, 0.2) is 0 Å². The van der Waals surface area contributed by atoms with E-state index in [-0.39, 0.29) is 0 Å². The van der Waals surface area contributed by atoms with Crippen LogP contribution < -0.4 is 4.90 Å². The second kappa shape index (κ2) is 3.90. The highest BCUT2D eigenvalue weighted by atomic mass is 32.1. The van der Waals surface area contributed by atoms with Gasteiger partial charge < -0.3 is 10.0 Å². The zero-order valence-electron chi connectivity index (χ0n) is 11.0. The molecule has 0 aromatic carbocycles. The van der Waals surface area contributed by atoms with Gasteiger partial charge in [0.25, 0.3) is 0 Å². The van der Waals surface area contributed by atoms with Crippen LogP contribution in [0.5, 0.6) is 0 Å². The van der Waals surface area contributed by atoms with E-state index in [4.69, 9.17) is 0 Å². The Bertz CT molecular complexity index is 645. The Morgan fingerprint density at radius 2 is 2.21 bits per heavy atom. The molecule has 2 aromatic rings. The fraction of sp³-hybridized carbons (Fsp3) is 0.571. The van der Waals surface area contributed by atoms with Crippen molar-refractivity contribution in [2.24, 2.45) is 0 Å². The van der Waals surface area contributed by atoms with E-state index in [9.17, 15) is 5.11 Å². The van der Waals surface area contributed by atoms with Gasteiger partial charge in [-0.25, -0.2) is 9.97 Å². The summed E-state index contributed by atoms with van der Waals surface area (Å²) in [5.74, 6) is 1.03. The maximum absolute atomic E-state index is 10.2. The Balaban J connectivity index is 1.79. The second-order valence-corrected chi connectivity index (χ2v) is 6.75. The van der Waals surface area contributed by atoms with Crippen LogP contribution in [0.25, 0.3) is 10.2 Å². The van der Waals surface area contributed by atoms with E-state index < -0.39 is 5.60 Å². The van der Waals surface area contributed by atoms with Gasteiger partial charge in [0, 0.05) is 18.0 Å². The Morgan fingerprint density at radius 1 is 1.37 bits per heavy atom. The highest BCUT2D eigenvalue weighted by Crippen LogP contribution is 2.42. The van der Waals surface area contributed by atoms with Crippen LogP contribution in [0.3, 0.4) is 0 Å². The van der Waals surface area contributed by atoms with Crippen LogP contribution in [0.1, 0.15) is 30.2 Å². The SMILES string of the molecule is CCC1(O)CN(c2ncnc3sc4c(c23)CCC4)C1. The van der Waals surface area contributed by atoms with Crippen molar-refractivity contribution in [3.8, 4) is 0 Å². The first-order valence-electron chi connectivity index (χ1n) is 6.93. The molecule has 2 aromatic heterocycles. The number of rotatable bonds is 2. The summed E-state index contributed by atoms with van der Waals surface area (Å²) in [6.45, 7) is 3.43. The number of aliphatic hydroxyl groups is 1. The zero-order chi connectivity index (χ0) is 13.0. The molecule has 0 radical (unpaired) electrons. The predicted octanol–water partition coefficient (Wildman–Crippen LogP) is 2.14. The van der Waals surface area contributed by atoms with Gasteiger partial charge in [0.1, 0.15) is 17.0 Å². The fourth-order valence-corrected chi connectivity index (χ4v) is 4.41. The minimum absolute atomic E-state index is 0.517. The minimum Gasteiger partial charge on any atom is -0.386 e. The average molecular weight is 275 g/mol. The molecule has 3 heterocycles. The number of aryl methyl sites for hydroxylation is 2. The maximum Gasteiger partial charge on any atom is 0.141 e. The summed E-state index contributed by atoms with van der Waals surface area (Å²) in [6.07, 6.45) is 6.06. The highest BCUT2D eigenvalue weighted by Gasteiger charge is 2.41. The average Bonchev–Trinajstić information content (AvgIpc) is 2.94. The van der Waals surface area contributed by atoms with Crippen LogP contribution >= 0.6 is 11.3 Å². The van der Waals surface area contributed by atoms with Crippen molar-refractivity contribution < 1.29 is 5.11 Å². The smallest absolute Gasteiger partial charge is 0.141 e. The Labute approximate surface area is 116 Å². The van der Waals surface area contributed by atoms with Crippen molar-refractivity contribution >= 4 is 27.4 Å². The molecule has 19 heavy (non-hydrogen) atoms. The molecule has 1 aliphatic carbocycles. The van der Waals surface area contributed by atoms with Gasteiger partial charge >= 0.3 is 0 Å². The molecular formula is C14H17N3OS. The first-order chi connectivity index (χ1) is 9.20. The standard InChI is InChI=1S/C14H17N3OS/c1-2-14(18)6-17(7-14)12-11-9-4-3-5-10(9)19-13(11)16-8-15-12/h8,18H,2-7H2,1H3. The quantitative estimate of drug-likeness (QED) is 0.912. The molecule has 1 N–H and O–H groups in total. The lowest BCUT2D eigenvalue weighted by molar-refractivity contribution is 0.00823. The molecule has 1 fully saturated rings. The molecule has 100 valence electrons. The molecular weight excluding hydrogens is 258 g/mol. The highest BCUT2D eigenvalue weighted by molar-refractivity contribution is 7.19. The molecule has 0 atom stereocenters. The molecule has 0 amide bonds. The third-order valence-electron chi connectivity index (χ3n) is 4.41. The number of thiophene rings is 1. The number of aromatic nitrogens is 2. The molecule has 4 nitrogen and oxygen atoms in total. The lowest BCUT2D eigenvalue weighted by Crippen LogP contribution is -2.61. The van der Waals surface area contributed by atoms with Crippen molar-refractivity contribution in [2.75, 3.05) is 18.0 Å². The van der Waals surface area contributed by atoms with Gasteiger partial charge in [-0.3, -0.25) is 0 Å². The summed E-state index contributed by atoms with van der Waals surface area (Å²) in [6, 6.07) is 0. The summed E-state index contributed by atoms with van der Waals surface area (Å²) >= 11 is 1.82. The third kappa shape index (κ3) is 1.61. The van der Waals surface area contributed by atoms with Crippen molar-refractivity contribution in [3.63, 3.8) is 0 Å². The van der Waals surface area contributed by atoms with Crippen LogP contribution in [-0.4, -0.2) is 33.8 Å². The number of hydrogen-bond donors (Lipinski definition) is 1. The van der Waals surface area contributed by atoms with E-state index in [1.807, 2.05) is 18.3 Å². The van der Waals surface area contributed by atoms with E-state index in [0.29, 0.717) is 13.1 Å².